The highest BCUT2D eigenvalue weighted by molar-refractivity contribution is 7.15. The molecular weight excluding hydrogens is 286 g/mol. The van der Waals surface area contributed by atoms with E-state index in [1.807, 2.05) is 25.2 Å². The first-order chi connectivity index (χ1) is 9.97. The molecule has 6 heteroatoms. The lowest BCUT2D eigenvalue weighted by Crippen LogP contribution is -2.47. The smallest absolute Gasteiger partial charge is 0.311 e. The van der Waals surface area contributed by atoms with E-state index in [1.165, 1.54) is 4.88 Å². The highest BCUT2D eigenvalue weighted by Crippen LogP contribution is 2.35. The first-order valence-electron chi connectivity index (χ1n) is 7.15. The van der Waals surface area contributed by atoms with E-state index in [9.17, 15) is 9.90 Å². The van der Waals surface area contributed by atoms with Crippen LogP contribution in [0.25, 0.3) is 0 Å². The van der Waals surface area contributed by atoms with E-state index in [-0.39, 0.29) is 0 Å². The lowest BCUT2D eigenvalue weighted by atomic mass is 9.77. The number of aliphatic carboxylic acids is 1. The van der Waals surface area contributed by atoms with Crippen molar-refractivity contribution in [2.75, 3.05) is 32.1 Å². The minimum absolute atomic E-state index is 0.532. The number of carboxylic acids is 1. The summed E-state index contributed by atoms with van der Waals surface area (Å²) in [5.74, 6) is -0.703. The second kappa shape index (κ2) is 6.58. The van der Waals surface area contributed by atoms with Crippen LogP contribution < -0.4 is 4.90 Å². The van der Waals surface area contributed by atoms with Gasteiger partial charge in [-0.3, -0.25) is 9.69 Å². The van der Waals surface area contributed by atoms with Crippen molar-refractivity contribution in [3.8, 4) is 0 Å². The minimum Gasteiger partial charge on any atom is -0.481 e. The van der Waals surface area contributed by atoms with Gasteiger partial charge in [-0.2, -0.15) is 0 Å². The van der Waals surface area contributed by atoms with Crippen molar-refractivity contribution >= 4 is 22.4 Å². The third-order valence-electron chi connectivity index (χ3n) is 3.95. The third kappa shape index (κ3) is 3.63. The minimum atomic E-state index is -0.703. The van der Waals surface area contributed by atoms with Gasteiger partial charge in [0.15, 0.2) is 5.13 Å². The Kier molecular flexibility index (Phi) is 5.00. The van der Waals surface area contributed by atoms with Crippen LogP contribution in [0.15, 0.2) is 18.9 Å². The number of hydrogen-bond donors (Lipinski definition) is 1. The fourth-order valence-corrected chi connectivity index (χ4v) is 3.74. The summed E-state index contributed by atoms with van der Waals surface area (Å²) in [5.41, 5.74) is -0.672. The van der Waals surface area contributed by atoms with Crippen LogP contribution in [-0.4, -0.2) is 48.1 Å². The van der Waals surface area contributed by atoms with E-state index in [2.05, 4.69) is 16.5 Å². The van der Waals surface area contributed by atoms with Crippen molar-refractivity contribution in [3.63, 3.8) is 0 Å². The molecule has 1 atom stereocenters. The molecule has 1 fully saturated rings. The normalized spacial score (nSPS) is 23.0. The van der Waals surface area contributed by atoms with Gasteiger partial charge in [-0.1, -0.05) is 6.08 Å². The van der Waals surface area contributed by atoms with Gasteiger partial charge in [0, 0.05) is 38.3 Å². The van der Waals surface area contributed by atoms with Crippen molar-refractivity contribution in [2.24, 2.45) is 5.41 Å². The summed E-state index contributed by atoms with van der Waals surface area (Å²) in [6, 6.07) is 0. The first kappa shape index (κ1) is 16.0. The molecule has 116 valence electrons. The zero-order chi connectivity index (χ0) is 15.5. The van der Waals surface area contributed by atoms with Crippen LogP contribution in [-0.2, 0) is 11.3 Å². The Morgan fingerprint density at radius 2 is 2.43 bits per heavy atom. The molecule has 0 saturated carbocycles. The van der Waals surface area contributed by atoms with E-state index in [0.29, 0.717) is 13.0 Å². The average Bonchev–Trinajstić information content (AvgIpc) is 2.88. The van der Waals surface area contributed by atoms with Gasteiger partial charge in [-0.25, -0.2) is 4.98 Å². The van der Waals surface area contributed by atoms with Gasteiger partial charge in [0.2, 0.25) is 0 Å². The van der Waals surface area contributed by atoms with Gasteiger partial charge in [0.05, 0.1) is 5.41 Å². The van der Waals surface area contributed by atoms with Crippen LogP contribution >= 0.6 is 11.3 Å². The summed E-state index contributed by atoms with van der Waals surface area (Å²) < 4.78 is 0. The second-order valence-electron chi connectivity index (χ2n) is 5.90. The monoisotopic (exact) mass is 309 g/mol. The van der Waals surface area contributed by atoms with Crippen molar-refractivity contribution < 1.29 is 9.90 Å². The number of carboxylic acid groups (broad SMARTS) is 1. The molecule has 0 radical (unpaired) electrons. The van der Waals surface area contributed by atoms with Gasteiger partial charge in [-0.05, 0) is 25.8 Å². The Hall–Kier alpha value is -1.40. The quantitative estimate of drug-likeness (QED) is 0.818. The maximum absolute atomic E-state index is 11.7. The molecule has 1 aromatic rings. The predicted octanol–water partition coefficient (Wildman–Crippen LogP) is 2.45. The second-order valence-corrected chi connectivity index (χ2v) is 6.99. The summed E-state index contributed by atoms with van der Waals surface area (Å²) in [4.78, 5) is 21.4. The Bertz CT molecular complexity index is 515. The molecule has 1 aliphatic rings. The van der Waals surface area contributed by atoms with Gasteiger partial charge < -0.3 is 10.0 Å². The van der Waals surface area contributed by atoms with Crippen LogP contribution in [0.1, 0.15) is 24.1 Å². The highest BCUT2D eigenvalue weighted by Gasteiger charge is 2.41. The fraction of sp³-hybridized carbons (Fsp3) is 0.600. The molecule has 2 heterocycles. The molecule has 2 rings (SSSR count). The van der Waals surface area contributed by atoms with Crippen molar-refractivity contribution in [3.05, 3.63) is 23.7 Å². The molecular formula is C15H23N3O2S. The van der Waals surface area contributed by atoms with Crippen LogP contribution in [0.3, 0.4) is 0 Å². The molecule has 1 N–H and O–H groups in total. The summed E-state index contributed by atoms with van der Waals surface area (Å²) in [7, 11) is 3.95. The van der Waals surface area contributed by atoms with E-state index < -0.39 is 11.4 Å². The summed E-state index contributed by atoms with van der Waals surface area (Å²) >= 11 is 1.66. The molecule has 1 saturated heterocycles. The molecule has 0 bridgehead atoms. The SMILES string of the molecule is C=CCC1(C(=O)O)CCCN(Cc2cnc(N(C)C)s2)C1. The van der Waals surface area contributed by atoms with Gasteiger partial charge in [0.25, 0.3) is 0 Å². The van der Waals surface area contributed by atoms with Crippen LogP contribution in [0.4, 0.5) is 5.13 Å². The van der Waals surface area contributed by atoms with Crippen LogP contribution in [0, 0.1) is 5.41 Å². The average molecular weight is 309 g/mol. The molecule has 1 unspecified atom stereocenters. The molecule has 0 aromatic carbocycles. The van der Waals surface area contributed by atoms with Crippen molar-refractivity contribution in [2.45, 2.75) is 25.8 Å². The number of thiazole rings is 1. The fourth-order valence-electron chi connectivity index (χ4n) is 2.86. The van der Waals surface area contributed by atoms with Gasteiger partial charge in [0.1, 0.15) is 0 Å². The number of carbonyl (C=O) groups is 1. The number of nitrogens with zero attached hydrogens (tertiary/aromatic N) is 3. The Morgan fingerprint density at radius 3 is 3.00 bits per heavy atom. The first-order valence-corrected chi connectivity index (χ1v) is 7.97. The predicted molar refractivity (Wildman–Crippen MR) is 85.8 cm³/mol. The standard InChI is InChI=1S/C15H23N3O2S/c1-4-6-15(13(19)20)7-5-8-18(11-15)10-12-9-16-14(21-12)17(2)3/h4,9H,1,5-8,10-11H2,2-3H3,(H,19,20). The molecule has 21 heavy (non-hydrogen) atoms. The summed E-state index contributed by atoms with van der Waals surface area (Å²) in [5, 5.41) is 10.6. The van der Waals surface area contributed by atoms with E-state index in [0.717, 1.165) is 31.1 Å². The Balaban J connectivity index is 2.06. The number of anilines is 1. The molecule has 1 aliphatic heterocycles. The zero-order valence-electron chi connectivity index (χ0n) is 12.7. The number of piperidine rings is 1. The summed E-state index contributed by atoms with van der Waals surface area (Å²) in [6.45, 7) is 6.03. The van der Waals surface area contributed by atoms with Crippen molar-refractivity contribution in [1.29, 1.82) is 0 Å². The zero-order valence-corrected chi connectivity index (χ0v) is 13.5. The van der Waals surface area contributed by atoms with Crippen LogP contribution in [0.2, 0.25) is 0 Å². The van der Waals surface area contributed by atoms with E-state index >= 15 is 0 Å². The number of likely N-dealkylation sites (tertiary alicyclic amines) is 1. The Labute approximate surface area is 129 Å². The Morgan fingerprint density at radius 1 is 1.67 bits per heavy atom. The lowest BCUT2D eigenvalue weighted by molar-refractivity contribution is -0.152. The lowest BCUT2D eigenvalue weighted by Gasteiger charge is -2.39. The highest BCUT2D eigenvalue weighted by atomic mass is 32.1. The molecule has 0 spiro atoms. The molecule has 1 aromatic heterocycles. The summed E-state index contributed by atoms with van der Waals surface area (Å²) in [6.07, 6.45) is 5.81. The molecule has 0 amide bonds. The van der Waals surface area contributed by atoms with Gasteiger partial charge in [-0.15, -0.1) is 17.9 Å². The largest absolute Gasteiger partial charge is 0.481 e. The number of aromatic nitrogens is 1. The van der Waals surface area contributed by atoms with Gasteiger partial charge >= 0.3 is 5.97 Å². The van der Waals surface area contributed by atoms with Crippen molar-refractivity contribution in [1.82, 2.24) is 9.88 Å². The molecule has 0 aliphatic carbocycles. The third-order valence-corrected chi connectivity index (χ3v) is 5.10. The molecule has 5 nitrogen and oxygen atoms in total. The number of allylic oxidation sites excluding steroid dienone is 1. The number of rotatable bonds is 6. The van der Waals surface area contributed by atoms with E-state index in [4.69, 9.17) is 0 Å². The topological polar surface area (TPSA) is 56.7 Å². The maximum Gasteiger partial charge on any atom is 0.311 e. The number of hydrogen-bond acceptors (Lipinski definition) is 5. The maximum atomic E-state index is 11.7. The van der Waals surface area contributed by atoms with Crippen LogP contribution in [0.5, 0.6) is 0 Å². The van der Waals surface area contributed by atoms with E-state index in [1.54, 1.807) is 17.4 Å².